The summed E-state index contributed by atoms with van der Waals surface area (Å²) in [6, 6.07) is 7.42. The minimum absolute atomic E-state index is 0.0740. The number of benzene rings is 1. The monoisotopic (exact) mass is 285 g/mol. The van der Waals surface area contributed by atoms with E-state index < -0.39 is 0 Å². The van der Waals surface area contributed by atoms with E-state index in [-0.39, 0.29) is 16.8 Å². The smallest absolute Gasteiger partial charge is 0.313 e. The van der Waals surface area contributed by atoms with E-state index in [4.69, 9.17) is 4.84 Å². The lowest BCUT2D eigenvalue weighted by Gasteiger charge is -2.34. The Morgan fingerprint density at radius 2 is 2.10 bits per heavy atom. The molecule has 2 aliphatic rings. The Kier molecular flexibility index (Phi) is 3.19. The predicted octanol–water partition coefficient (Wildman–Crippen LogP) is 4.35. The highest BCUT2D eigenvalue weighted by Crippen LogP contribution is 2.63. The molecule has 0 aromatic heterocycles. The van der Waals surface area contributed by atoms with Crippen LogP contribution in [0.1, 0.15) is 56.0 Å². The fraction of sp³-hybridized carbons (Fsp3) is 0.556. The van der Waals surface area contributed by atoms with Crippen LogP contribution >= 0.6 is 0 Å². The molecule has 0 radical (unpaired) electrons. The fourth-order valence-corrected chi connectivity index (χ4v) is 3.99. The number of hydrogen-bond donors (Lipinski definition) is 0. The van der Waals surface area contributed by atoms with Crippen molar-refractivity contribution in [2.24, 2.45) is 21.9 Å². The van der Waals surface area contributed by atoms with E-state index in [0.29, 0.717) is 11.5 Å². The summed E-state index contributed by atoms with van der Waals surface area (Å²) in [7, 11) is 0. The Morgan fingerprint density at radius 3 is 2.67 bits per heavy atom. The van der Waals surface area contributed by atoms with Gasteiger partial charge < -0.3 is 4.84 Å². The molecule has 2 aliphatic carbocycles. The third-order valence-electron chi connectivity index (χ3n) is 6.00. The summed E-state index contributed by atoms with van der Waals surface area (Å²) < 4.78 is 0. The average molecular weight is 285 g/mol. The second kappa shape index (κ2) is 4.69. The lowest BCUT2D eigenvalue weighted by molar-refractivity contribution is 0.0508. The van der Waals surface area contributed by atoms with Gasteiger partial charge in [0.2, 0.25) is 0 Å². The van der Waals surface area contributed by atoms with E-state index in [1.165, 1.54) is 6.42 Å². The van der Waals surface area contributed by atoms with Gasteiger partial charge in [-0.05, 0) is 49.7 Å². The van der Waals surface area contributed by atoms with Gasteiger partial charge in [-0.2, -0.15) is 0 Å². The lowest BCUT2D eigenvalue weighted by atomic mass is 9.70. The molecular weight excluding hydrogens is 262 g/mol. The summed E-state index contributed by atoms with van der Waals surface area (Å²) in [6.07, 6.45) is 3.37. The van der Waals surface area contributed by atoms with Crippen LogP contribution in [0.5, 0.6) is 0 Å². The zero-order valence-electron chi connectivity index (χ0n) is 13.3. The first-order valence-electron chi connectivity index (χ1n) is 7.70. The van der Waals surface area contributed by atoms with E-state index in [1.54, 1.807) is 6.07 Å². The van der Waals surface area contributed by atoms with Crippen LogP contribution in [0.3, 0.4) is 0 Å². The number of carbonyl (C=O) groups excluding carboxylic acids is 1. The van der Waals surface area contributed by atoms with Gasteiger partial charge in [0.15, 0.2) is 0 Å². The van der Waals surface area contributed by atoms with E-state index in [0.717, 1.165) is 24.1 Å². The number of oxime groups is 1. The minimum atomic E-state index is -0.365. The molecule has 1 aromatic carbocycles. The SMILES string of the molecule is Cc1cccc(C(=O)O/N=C2\C[C@H]3CC[C@@]2(C)C3(C)C)c1. The Labute approximate surface area is 126 Å². The highest BCUT2D eigenvalue weighted by molar-refractivity contribution is 5.95. The Hall–Kier alpha value is -1.64. The van der Waals surface area contributed by atoms with Crippen molar-refractivity contribution in [3.8, 4) is 0 Å². The molecule has 2 bridgehead atoms. The molecule has 112 valence electrons. The van der Waals surface area contributed by atoms with Crippen LogP contribution in [0.15, 0.2) is 29.4 Å². The Balaban J connectivity index is 1.77. The van der Waals surface area contributed by atoms with E-state index in [2.05, 4.69) is 25.9 Å². The first-order chi connectivity index (χ1) is 9.84. The van der Waals surface area contributed by atoms with Crippen LogP contribution in [-0.4, -0.2) is 11.7 Å². The van der Waals surface area contributed by atoms with Crippen molar-refractivity contribution < 1.29 is 9.63 Å². The molecule has 1 aromatic rings. The van der Waals surface area contributed by atoms with E-state index in [1.807, 2.05) is 25.1 Å². The maximum atomic E-state index is 12.1. The molecule has 0 unspecified atom stereocenters. The molecule has 0 spiro atoms. The quantitative estimate of drug-likeness (QED) is 0.598. The summed E-state index contributed by atoms with van der Waals surface area (Å²) in [6.45, 7) is 8.85. The van der Waals surface area contributed by atoms with Crippen LogP contribution in [0.4, 0.5) is 0 Å². The van der Waals surface area contributed by atoms with Gasteiger partial charge in [-0.1, -0.05) is 43.6 Å². The van der Waals surface area contributed by atoms with Crippen molar-refractivity contribution in [3.05, 3.63) is 35.4 Å². The molecule has 2 atom stereocenters. The Bertz CT molecular complexity index is 617. The number of fused-ring (bicyclic) bond motifs is 2. The largest absolute Gasteiger partial charge is 0.365 e. The summed E-state index contributed by atoms with van der Waals surface area (Å²) in [5.74, 6) is 0.300. The van der Waals surface area contributed by atoms with Crippen molar-refractivity contribution >= 4 is 11.7 Å². The van der Waals surface area contributed by atoms with Gasteiger partial charge in [0.05, 0.1) is 11.3 Å². The summed E-state index contributed by atoms with van der Waals surface area (Å²) >= 11 is 0. The molecule has 0 aliphatic heterocycles. The number of rotatable bonds is 2. The molecule has 2 saturated carbocycles. The van der Waals surface area contributed by atoms with Crippen LogP contribution in [0.2, 0.25) is 0 Å². The molecule has 3 heteroatoms. The molecule has 2 fully saturated rings. The maximum Gasteiger partial charge on any atom is 0.365 e. The number of carbonyl (C=O) groups is 1. The van der Waals surface area contributed by atoms with Gasteiger partial charge in [0, 0.05) is 5.41 Å². The number of aryl methyl sites for hydroxylation is 1. The highest BCUT2D eigenvalue weighted by atomic mass is 16.7. The van der Waals surface area contributed by atoms with Gasteiger partial charge in [0.25, 0.3) is 0 Å². The van der Waals surface area contributed by atoms with Crippen molar-refractivity contribution in [2.45, 2.75) is 47.0 Å². The topological polar surface area (TPSA) is 38.7 Å². The third-order valence-corrected chi connectivity index (χ3v) is 6.00. The second-order valence-corrected chi connectivity index (χ2v) is 7.28. The molecule has 21 heavy (non-hydrogen) atoms. The number of nitrogens with zero attached hydrogens (tertiary/aromatic N) is 1. The van der Waals surface area contributed by atoms with Crippen LogP contribution in [-0.2, 0) is 4.84 Å². The van der Waals surface area contributed by atoms with Gasteiger partial charge in [-0.3, -0.25) is 0 Å². The molecular formula is C18H23NO2. The second-order valence-electron chi connectivity index (χ2n) is 7.28. The third kappa shape index (κ3) is 2.10. The molecule has 0 saturated heterocycles. The van der Waals surface area contributed by atoms with Gasteiger partial charge in [0.1, 0.15) is 0 Å². The summed E-state index contributed by atoms with van der Waals surface area (Å²) in [5, 5.41) is 4.25. The average Bonchev–Trinajstić information content (AvgIpc) is 2.77. The number of hydrogen-bond acceptors (Lipinski definition) is 3. The first-order valence-corrected chi connectivity index (χ1v) is 7.70. The van der Waals surface area contributed by atoms with E-state index in [9.17, 15) is 4.79 Å². The molecule has 0 amide bonds. The van der Waals surface area contributed by atoms with Crippen molar-refractivity contribution in [3.63, 3.8) is 0 Å². The van der Waals surface area contributed by atoms with Crippen molar-refractivity contribution in [1.82, 2.24) is 0 Å². The summed E-state index contributed by atoms with van der Waals surface area (Å²) in [4.78, 5) is 17.3. The van der Waals surface area contributed by atoms with Crippen molar-refractivity contribution in [2.75, 3.05) is 0 Å². The molecule has 3 nitrogen and oxygen atoms in total. The highest BCUT2D eigenvalue weighted by Gasteiger charge is 2.60. The lowest BCUT2D eigenvalue weighted by Crippen LogP contribution is -2.32. The van der Waals surface area contributed by atoms with Crippen LogP contribution in [0.25, 0.3) is 0 Å². The molecule has 0 N–H and O–H groups in total. The standard InChI is InChI=1S/C18H23NO2/c1-12-6-5-7-13(10-12)16(20)21-19-15-11-14-8-9-18(15,4)17(14,2)3/h5-7,10,14H,8-9,11H2,1-4H3/b19-15+/t14-,18-/m1/s1. The van der Waals surface area contributed by atoms with Gasteiger partial charge in [-0.25, -0.2) is 4.79 Å². The van der Waals surface area contributed by atoms with Gasteiger partial charge in [-0.15, -0.1) is 0 Å². The van der Waals surface area contributed by atoms with E-state index >= 15 is 0 Å². The predicted molar refractivity (Wildman–Crippen MR) is 83.3 cm³/mol. The minimum Gasteiger partial charge on any atom is -0.313 e. The normalized spacial score (nSPS) is 31.6. The maximum absolute atomic E-state index is 12.1. The van der Waals surface area contributed by atoms with Crippen LogP contribution < -0.4 is 0 Å². The Morgan fingerprint density at radius 1 is 1.33 bits per heavy atom. The molecule has 3 rings (SSSR count). The molecule has 0 heterocycles. The zero-order valence-corrected chi connectivity index (χ0v) is 13.3. The zero-order chi connectivity index (χ0) is 15.3. The van der Waals surface area contributed by atoms with Gasteiger partial charge >= 0.3 is 5.97 Å². The van der Waals surface area contributed by atoms with Crippen LogP contribution in [0, 0.1) is 23.7 Å². The first kappa shape index (κ1) is 14.3. The fourth-order valence-electron chi connectivity index (χ4n) is 3.99. The summed E-state index contributed by atoms with van der Waals surface area (Å²) in [5.41, 5.74) is 2.99. The van der Waals surface area contributed by atoms with Crippen molar-refractivity contribution in [1.29, 1.82) is 0 Å².